The number of ether oxygens (including phenoxy) is 1. The maximum absolute atomic E-state index is 13.9. The number of methoxy groups -OCH3 is 1. The maximum Gasteiger partial charge on any atom is 0.389 e. The van der Waals surface area contributed by atoms with Crippen molar-refractivity contribution >= 4 is 29.1 Å². The summed E-state index contributed by atoms with van der Waals surface area (Å²) in [7, 11) is 1.48. The fourth-order valence-electron chi connectivity index (χ4n) is 5.19. The second kappa shape index (κ2) is 13.3. The van der Waals surface area contributed by atoms with Gasteiger partial charge in [0.15, 0.2) is 0 Å². The number of nitrogens with two attached hydrogens (primary N) is 1. The van der Waals surface area contributed by atoms with Crippen LogP contribution < -0.4 is 20.7 Å². The van der Waals surface area contributed by atoms with Crippen LogP contribution in [0.1, 0.15) is 49.7 Å². The van der Waals surface area contributed by atoms with Gasteiger partial charge in [-0.3, -0.25) is 14.4 Å². The van der Waals surface area contributed by atoms with Crippen LogP contribution in [0.5, 0.6) is 5.75 Å². The molecule has 238 valence electrons. The van der Waals surface area contributed by atoms with Gasteiger partial charge < -0.3 is 20.7 Å². The number of hydrogen-bond acceptors (Lipinski definition) is 5. The third kappa shape index (κ3) is 8.50. The Labute approximate surface area is 249 Å². The van der Waals surface area contributed by atoms with Crippen LogP contribution >= 0.6 is 0 Å². The number of amides is 3. The van der Waals surface area contributed by atoms with E-state index in [1.54, 1.807) is 48.5 Å². The lowest BCUT2D eigenvalue weighted by atomic mass is 9.83. The lowest BCUT2D eigenvalue weighted by Gasteiger charge is -2.28. The van der Waals surface area contributed by atoms with Gasteiger partial charge in [-0.1, -0.05) is 18.2 Å². The van der Waals surface area contributed by atoms with Gasteiger partial charge in [-0.25, -0.2) is 4.99 Å². The summed E-state index contributed by atoms with van der Waals surface area (Å²) >= 11 is 0. The van der Waals surface area contributed by atoms with E-state index in [0.29, 0.717) is 29.1 Å². The predicted molar refractivity (Wildman–Crippen MR) is 149 cm³/mol. The van der Waals surface area contributed by atoms with E-state index in [0.717, 1.165) is 12.8 Å². The van der Waals surface area contributed by atoms with E-state index in [4.69, 9.17) is 10.5 Å². The Morgan fingerprint density at radius 3 is 2.11 bits per heavy atom. The number of aliphatic imine (C=N–C) groups is 1. The Balaban J connectivity index is 1.75. The molecule has 3 amide bonds. The number of anilines is 1. The number of rotatable bonds is 12. The van der Waals surface area contributed by atoms with Crippen LogP contribution in [-0.4, -0.2) is 55.6 Å². The monoisotopic (exact) mass is 626 g/mol. The number of carbonyl (C=O) groups excluding carboxylic acids is 3. The van der Waals surface area contributed by atoms with Crippen molar-refractivity contribution in [3.63, 3.8) is 0 Å². The molecular formula is C30H32F6N4O4. The van der Waals surface area contributed by atoms with Gasteiger partial charge in [0.25, 0.3) is 5.91 Å². The van der Waals surface area contributed by atoms with Crippen molar-refractivity contribution in [2.75, 3.05) is 18.6 Å². The van der Waals surface area contributed by atoms with E-state index in [2.05, 4.69) is 10.3 Å². The first-order valence-electron chi connectivity index (χ1n) is 14.0. The number of carbonyl (C=O) groups is 3. The lowest BCUT2D eigenvalue weighted by molar-refractivity contribution is -0.152. The third-order valence-corrected chi connectivity index (χ3v) is 7.65. The van der Waals surface area contributed by atoms with E-state index >= 15 is 0 Å². The van der Waals surface area contributed by atoms with Gasteiger partial charge in [0.05, 0.1) is 18.5 Å². The van der Waals surface area contributed by atoms with E-state index in [9.17, 15) is 40.7 Å². The molecule has 3 N–H and O–H groups in total. The lowest BCUT2D eigenvalue weighted by Crippen LogP contribution is -2.51. The van der Waals surface area contributed by atoms with E-state index in [1.165, 1.54) is 12.0 Å². The first-order valence-corrected chi connectivity index (χ1v) is 14.0. The van der Waals surface area contributed by atoms with Crippen LogP contribution in [0.2, 0.25) is 0 Å². The van der Waals surface area contributed by atoms with Gasteiger partial charge in [0.1, 0.15) is 5.75 Å². The molecule has 0 saturated heterocycles. The highest BCUT2D eigenvalue weighted by Crippen LogP contribution is 2.36. The van der Waals surface area contributed by atoms with Crippen molar-refractivity contribution < 1.29 is 45.5 Å². The SMILES string of the molecule is COc1ccc(C2=N[C@H](NC(=O)[C@H](CCC(F)(F)F)[C@H](CCC(F)(F)F)C(N)=O)C(=O)N(CC3CC3)c3ccccc32)cc1. The zero-order valence-corrected chi connectivity index (χ0v) is 23.8. The standard InChI is InChI=1S/C30H32F6N4O4/c1-44-19-10-8-18(9-11-19)24-22-4-2-3-5-23(22)40(16-17-6-7-17)28(43)26(38-24)39-27(42)21(13-15-30(34,35)36)20(25(37)41)12-14-29(31,32)33/h2-5,8-11,17,20-21,26H,6-7,12-16H2,1H3,(H2,37,41)(H,39,42)/t20-,21+,26+/m0/s1. The molecule has 3 atom stereocenters. The molecule has 0 aromatic heterocycles. The minimum atomic E-state index is -4.77. The minimum absolute atomic E-state index is 0.187. The maximum atomic E-state index is 13.9. The summed E-state index contributed by atoms with van der Waals surface area (Å²) in [5.74, 6) is -6.30. The molecule has 0 spiro atoms. The second-order valence-corrected chi connectivity index (χ2v) is 10.9. The number of benzodiazepines with no additional fused rings is 1. The highest BCUT2D eigenvalue weighted by Gasteiger charge is 2.42. The highest BCUT2D eigenvalue weighted by molar-refractivity contribution is 6.20. The fourth-order valence-corrected chi connectivity index (χ4v) is 5.19. The number of halogens is 6. The summed E-state index contributed by atoms with van der Waals surface area (Å²) in [5, 5.41) is 2.36. The topological polar surface area (TPSA) is 114 Å². The summed E-state index contributed by atoms with van der Waals surface area (Å²) in [5.41, 5.74) is 7.19. The Morgan fingerprint density at radius 2 is 1.57 bits per heavy atom. The minimum Gasteiger partial charge on any atom is -0.497 e. The quantitative estimate of drug-likeness (QED) is 0.318. The van der Waals surface area contributed by atoms with Crippen LogP contribution in [0.15, 0.2) is 53.5 Å². The smallest absolute Gasteiger partial charge is 0.389 e. The highest BCUT2D eigenvalue weighted by atomic mass is 19.4. The zero-order valence-electron chi connectivity index (χ0n) is 23.8. The number of benzene rings is 2. The average Bonchev–Trinajstić information content (AvgIpc) is 3.79. The summed E-state index contributed by atoms with van der Waals surface area (Å²) < 4.78 is 83.9. The molecule has 1 saturated carbocycles. The van der Waals surface area contributed by atoms with Crippen LogP contribution in [-0.2, 0) is 14.4 Å². The van der Waals surface area contributed by atoms with Crippen molar-refractivity contribution in [1.82, 2.24) is 5.32 Å². The molecule has 1 aliphatic carbocycles. The number of para-hydroxylation sites is 1. The summed E-state index contributed by atoms with van der Waals surface area (Å²) in [4.78, 5) is 45.7. The van der Waals surface area contributed by atoms with Crippen molar-refractivity contribution in [3.05, 3.63) is 59.7 Å². The number of primary amides is 1. The van der Waals surface area contributed by atoms with Crippen molar-refractivity contribution in [2.45, 2.75) is 57.0 Å². The molecule has 0 bridgehead atoms. The molecule has 0 radical (unpaired) electrons. The number of nitrogens with one attached hydrogen (secondary N) is 1. The molecule has 1 heterocycles. The van der Waals surface area contributed by atoms with Crippen molar-refractivity contribution in [3.8, 4) is 5.75 Å². The zero-order chi connectivity index (χ0) is 32.2. The molecule has 14 heteroatoms. The van der Waals surface area contributed by atoms with Gasteiger partial charge >= 0.3 is 12.4 Å². The number of alkyl halides is 6. The van der Waals surface area contributed by atoms with Gasteiger partial charge in [-0.2, -0.15) is 26.3 Å². The van der Waals surface area contributed by atoms with E-state index < -0.39 is 73.8 Å². The number of fused-ring (bicyclic) bond motifs is 1. The third-order valence-electron chi connectivity index (χ3n) is 7.65. The Kier molecular flexibility index (Phi) is 9.89. The van der Waals surface area contributed by atoms with Crippen LogP contribution in [0, 0.1) is 17.8 Å². The largest absolute Gasteiger partial charge is 0.497 e. The molecule has 1 fully saturated rings. The Morgan fingerprint density at radius 1 is 0.977 bits per heavy atom. The first-order chi connectivity index (χ1) is 20.7. The molecular weight excluding hydrogens is 594 g/mol. The van der Waals surface area contributed by atoms with Gasteiger partial charge in [-0.15, -0.1) is 0 Å². The van der Waals surface area contributed by atoms with Crippen LogP contribution in [0.3, 0.4) is 0 Å². The molecule has 8 nitrogen and oxygen atoms in total. The fraction of sp³-hybridized carbons (Fsp3) is 0.467. The summed E-state index contributed by atoms with van der Waals surface area (Å²) in [6.45, 7) is 0.292. The van der Waals surface area contributed by atoms with Gasteiger partial charge in [0, 0.05) is 42.3 Å². The van der Waals surface area contributed by atoms with E-state index in [-0.39, 0.29) is 11.6 Å². The molecule has 2 aromatic carbocycles. The molecule has 4 rings (SSSR count). The van der Waals surface area contributed by atoms with Crippen molar-refractivity contribution in [1.29, 1.82) is 0 Å². The predicted octanol–water partition coefficient (Wildman–Crippen LogP) is 5.13. The Hall–Kier alpha value is -4.10. The molecule has 1 aliphatic heterocycles. The first kappa shape index (κ1) is 32.8. The molecule has 44 heavy (non-hydrogen) atoms. The average molecular weight is 627 g/mol. The van der Waals surface area contributed by atoms with Crippen LogP contribution in [0.25, 0.3) is 0 Å². The molecule has 2 aliphatic rings. The summed E-state index contributed by atoms with van der Waals surface area (Å²) in [6.07, 6.45) is -14.5. The van der Waals surface area contributed by atoms with E-state index in [1.807, 2.05) is 0 Å². The molecule has 0 unspecified atom stereocenters. The normalized spacial score (nSPS) is 18.5. The van der Waals surface area contributed by atoms with Crippen LogP contribution in [0.4, 0.5) is 32.0 Å². The Bertz CT molecular complexity index is 1390. The summed E-state index contributed by atoms with van der Waals surface area (Å²) in [6, 6.07) is 13.6. The van der Waals surface area contributed by atoms with Gasteiger partial charge in [0.2, 0.25) is 18.0 Å². The number of hydrogen-bond donors (Lipinski definition) is 2. The second-order valence-electron chi connectivity index (χ2n) is 10.9. The number of nitrogens with zero attached hydrogens (tertiary/aromatic N) is 2. The van der Waals surface area contributed by atoms with Crippen molar-refractivity contribution in [2.24, 2.45) is 28.5 Å². The van der Waals surface area contributed by atoms with Gasteiger partial charge in [-0.05, 0) is 61.9 Å². The molecule has 2 aromatic rings.